The number of nitriles is 1. The van der Waals surface area contributed by atoms with Crippen molar-refractivity contribution in [3.05, 3.63) is 99.8 Å². The molecule has 0 aromatic heterocycles. The number of benzene rings is 3. The number of hydrogen-bond acceptors (Lipinski definition) is 5. The van der Waals surface area contributed by atoms with Gasteiger partial charge in [0.1, 0.15) is 6.07 Å². The topological polar surface area (TPSA) is 48.7 Å². The number of nitrogens with zero attached hydrogens (tertiary/aromatic N) is 3. The third-order valence-corrected chi connectivity index (χ3v) is 6.76. The average Bonchev–Trinajstić information content (AvgIpc) is 2.88. The molecule has 37 heavy (non-hydrogen) atoms. The summed E-state index contributed by atoms with van der Waals surface area (Å²) in [4.78, 5) is 4.19. The molecule has 0 unspecified atom stereocenters. The van der Waals surface area contributed by atoms with Gasteiger partial charge in [-0.1, -0.05) is 35.9 Å². The van der Waals surface area contributed by atoms with Crippen LogP contribution in [-0.4, -0.2) is 32.2 Å². The van der Waals surface area contributed by atoms with Gasteiger partial charge in [-0.15, -0.1) is 0 Å². The lowest BCUT2D eigenvalue weighted by atomic mass is 9.89. The quantitative estimate of drug-likeness (QED) is 0.305. The molecule has 0 N–H and O–H groups in total. The molecule has 0 amide bonds. The van der Waals surface area contributed by atoms with E-state index in [0.29, 0.717) is 22.1 Å². The first kappa shape index (κ1) is 26.2. The molecule has 1 aliphatic heterocycles. The Morgan fingerprint density at radius 1 is 1.03 bits per heavy atom. The van der Waals surface area contributed by atoms with Crippen molar-refractivity contribution >= 4 is 28.9 Å². The maximum Gasteiger partial charge on any atom is 0.161 e. The molecule has 3 aromatic carbocycles. The fraction of sp³-hybridized carbons (Fsp3) is 0.258. The lowest BCUT2D eigenvalue weighted by Crippen LogP contribution is -2.27. The number of hydrogen-bond donors (Lipinski definition) is 0. The van der Waals surface area contributed by atoms with Crippen LogP contribution in [0, 0.1) is 11.3 Å². The Bertz CT molecular complexity index is 1370. The Morgan fingerprint density at radius 2 is 1.70 bits per heavy atom. The van der Waals surface area contributed by atoms with Crippen LogP contribution in [0.4, 0.5) is 5.69 Å². The second-order valence-electron chi connectivity index (χ2n) is 9.49. The molecular weight excluding hydrogens is 482 g/mol. The van der Waals surface area contributed by atoms with E-state index in [1.807, 2.05) is 70.1 Å². The van der Waals surface area contributed by atoms with Crippen molar-refractivity contribution in [1.82, 2.24) is 4.90 Å². The molecule has 0 saturated heterocycles. The maximum atomic E-state index is 9.78. The molecule has 6 heteroatoms. The van der Waals surface area contributed by atoms with Gasteiger partial charge in [-0.2, -0.15) is 5.26 Å². The van der Waals surface area contributed by atoms with E-state index in [1.54, 1.807) is 7.11 Å². The summed E-state index contributed by atoms with van der Waals surface area (Å²) in [6, 6.07) is 22.4. The predicted octanol–water partition coefficient (Wildman–Crippen LogP) is 7.53. The average molecular weight is 514 g/mol. The van der Waals surface area contributed by atoms with E-state index in [-0.39, 0.29) is 12.1 Å². The fourth-order valence-electron chi connectivity index (χ4n) is 4.47. The zero-order valence-electron chi connectivity index (χ0n) is 22.1. The first-order valence-electron chi connectivity index (χ1n) is 12.2. The summed E-state index contributed by atoms with van der Waals surface area (Å²) >= 11 is 6.24. The van der Waals surface area contributed by atoms with Crippen molar-refractivity contribution in [3.63, 3.8) is 0 Å². The zero-order chi connectivity index (χ0) is 26.7. The number of methoxy groups -OCH3 is 1. The highest BCUT2D eigenvalue weighted by atomic mass is 35.5. The minimum atomic E-state index is -0.113. The van der Waals surface area contributed by atoms with Gasteiger partial charge in [-0.05, 0) is 85.5 Å². The molecule has 1 aliphatic rings. The molecule has 0 aliphatic carbocycles. The summed E-state index contributed by atoms with van der Waals surface area (Å²) < 4.78 is 11.8. The SMILES string of the molecule is COc1cc2c(cc1OC(C)C)[C@H](c1ccc(Cl)cc1)N(c1ccc(/C(C#N)=C(\C)N(C)C)cc1)C=C2. The molecule has 0 saturated carbocycles. The molecule has 0 spiro atoms. The van der Waals surface area contributed by atoms with E-state index in [1.165, 1.54) is 0 Å². The van der Waals surface area contributed by atoms with Crippen LogP contribution in [0.3, 0.4) is 0 Å². The van der Waals surface area contributed by atoms with Gasteiger partial charge < -0.3 is 19.3 Å². The van der Waals surface area contributed by atoms with Crippen molar-refractivity contribution < 1.29 is 9.47 Å². The predicted molar refractivity (Wildman–Crippen MR) is 152 cm³/mol. The summed E-state index contributed by atoms with van der Waals surface area (Å²) in [5, 5.41) is 10.5. The van der Waals surface area contributed by atoms with E-state index in [4.69, 9.17) is 21.1 Å². The molecule has 0 radical (unpaired) electrons. The normalized spacial score (nSPS) is 15.1. The van der Waals surface area contributed by atoms with Crippen LogP contribution in [0.1, 0.15) is 49.1 Å². The van der Waals surface area contributed by atoms with Crippen LogP contribution in [0.15, 0.2) is 72.6 Å². The molecule has 3 aromatic rings. The second kappa shape index (κ2) is 11.0. The summed E-state index contributed by atoms with van der Waals surface area (Å²) in [5.41, 5.74) is 6.75. The van der Waals surface area contributed by atoms with Gasteiger partial charge in [-0.25, -0.2) is 0 Å². The number of ether oxygens (including phenoxy) is 2. The van der Waals surface area contributed by atoms with E-state index < -0.39 is 0 Å². The highest BCUT2D eigenvalue weighted by Gasteiger charge is 2.28. The van der Waals surface area contributed by atoms with Crippen molar-refractivity contribution in [2.75, 3.05) is 26.1 Å². The van der Waals surface area contributed by atoms with Gasteiger partial charge in [-0.3, -0.25) is 0 Å². The highest BCUT2D eigenvalue weighted by molar-refractivity contribution is 6.30. The lowest BCUT2D eigenvalue weighted by Gasteiger charge is -2.36. The van der Waals surface area contributed by atoms with Gasteiger partial charge in [0.2, 0.25) is 0 Å². The third kappa shape index (κ3) is 5.45. The van der Waals surface area contributed by atoms with Crippen LogP contribution in [0.5, 0.6) is 11.5 Å². The Labute approximate surface area is 224 Å². The Kier molecular flexibility index (Phi) is 7.80. The summed E-state index contributed by atoms with van der Waals surface area (Å²) in [5.74, 6) is 1.42. The van der Waals surface area contributed by atoms with Crippen molar-refractivity contribution in [3.8, 4) is 17.6 Å². The first-order chi connectivity index (χ1) is 17.7. The van der Waals surface area contributed by atoms with Crippen LogP contribution in [-0.2, 0) is 0 Å². The van der Waals surface area contributed by atoms with Crippen LogP contribution in [0.2, 0.25) is 5.02 Å². The smallest absolute Gasteiger partial charge is 0.161 e. The number of allylic oxidation sites excluding steroid dienone is 2. The maximum absolute atomic E-state index is 9.78. The van der Waals surface area contributed by atoms with Gasteiger partial charge in [0.05, 0.1) is 24.8 Å². The molecule has 190 valence electrons. The largest absolute Gasteiger partial charge is 0.493 e. The number of halogens is 1. The highest BCUT2D eigenvalue weighted by Crippen LogP contribution is 2.43. The first-order valence-corrected chi connectivity index (χ1v) is 12.6. The molecular formula is C31H32ClN3O2. The van der Waals surface area contributed by atoms with Crippen molar-refractivity contribution in [2.45, 2.75) is 32.9 Å². The summed E-state index contributed by atoms with van der Waals surface area (Å²) in [6.07, 6.45) is 4.19. The lowest BCUT2D eigenvalue weighted by molar-refractivity contribution is 0.230. The Hall–Kier alpha value is -3.88. The van der Waals surface area contributed by atoms with Crippen molar-refractivity contribution in [1.29, 1.82) is 5.26 Å². The third-order valence-electron chi connectivity index (χ3n) is 6.50. The number of anilines is 1. The number of fused-ring (bicyclic) bond motifs is 1. The molecule has 1 atom stereocenters. The minimum Gasteiger partial charge on any atom is -0.493 e. The van der Waals surface area contributed by atoms with E-state index >= 15 is 0 Å². The van der Waals surface area contributed by atoms with Gasteiger partial charge in [0.15, 0.2) is 11.5 Å². The Morgan fingerprint density at radius 3 is 2.27 bits per heavy atom. The van der Waals surface area contributed by atoms with Crippen LogP contribution in [0.25, 0.3) is 11.6 Å². The Balaban J connectivity index is 1.83. The van der Waals surface area contributed by atoms with E-state index in [2.05, 4.69) is 53.6 Å². The molecule has 5 nitrogen and oxygen atoms in total. The standard InChI is InChI=1S/C31H32ClN3O2/c1-20(2)37-30-18-27-24(17-29(30)36-6)15-16-35(31(27)23-7-11-25(32)12-8-23)26-13-9-22(10-14-26)28(19-33)21(3)34(4)5/h7-18,20,31H,1-6H3/b28-21+/t31-/m0/s1. The van der Waals surface area contributed by atoms with Gasteiger partial charge in [0.25, 0.3) is 0 Å². The zero-order valence-corrected chi connectivity index (χ0v) is 22.9. The number of rotatable bonds is 7. The summed E-state index contributed by atoms with van der Waals surface area (Å²) in [6.45, 7) is 5.97. The van der Waals surface area contributed by atoms with Crippen molar-refractivity contribution in [2.24, 2.45) is 0 Å². The fourth-order valence-corrected chi connectivity index (χ4v) is 4.60. The van der Waals surface area contributed by atoms with E-state index in [9.17, 15) is 5.26 Å². The van der Waals surface area contributed by atoms with Gasteiger partial charge >= 0.3 is 0 Å². The molecule has 4 rings (SSSR count). The molecule has 1 heterocycles. The van der Waals surface area contributed by atoms with E-state index in [0.717, 1.165) is 33.6 Å². The van der Waals surface area contributed by atoms with Gasteiger partial charge in [0, 0.05) is 36.7 Å². The summed E-state index contributed by atoms with van der Waals surface area (Å²) in [7, 11) is 5.55. The second-order valence-corrected chi connectivity index (χ2v) is 9.93. The van der Waals surface area contributed by atoms with Crippen LogP contribution < -0.4 is 14.4 Å². The molecule has 0 bridgehead atoms. The minimum absolute atomic E-state index is 0.0109. The molecule has 0 fully saturated rings. The van der Waals surface area contributed by atoms with Crippen LogP contribution >= 0.6 is 11.6 Å². The monoisotopic (exact) mass is 513 g/mol.